The van der Waals surface area contributed by atoms with Crippen LogP contribution in [0, 0.1) is 0 Å². The number of ether oxygens (including phenoxy) is 3. The Morgan fingerprint density at radius 3 is 2.44 bits per heavy atom. The number of benzene rings is 1. The summed E-state index contributed by atoms with van der Waals surface area (Å²) < 4.78 is 14.4. The molecule has 1 aromatic rings. The monoisotopic (exact) mass is 258 g/mol. The summed E-state index contributed by atoms with van der Waals surface area (Å²) >= 11 is 0. The van der Waals surface area contributed by atoms with Crippen molar-refractivity contribution in [1.82, 2.24) is 0 Å². The molecule has 1 rings (SSSR count). The Kier molecular flexibility index (Phi) is 5.92. The molecule has 0 bridgehead atoms. The maximum atomic E-state index is 11.2. The van der Waals surface area contributed by atoms with E-state index in [4.69, 9.17) is 19.5 Å². The quantitative estimate of drug-likeness (QED) is 0.325. The molecule has 0 radical (unpaired) electrons. The zero-order chi connectivity index (χ0) is 13.4. The van der Waals surface area contributed by atoms with E-state index in [1.807, 2.05) is 0 Å². The lowest BCUT2D eigenvalue weighted by atomic mass is 10.2. The van der Waals surface area contributed by atoms with Gasteiger partial charge in [-0.15, -0.1) is 0 Å². The van der Waals surface area contributed by atoms with Crippen molar-refractivity contribution >= 4 is 5.97 Å². The molecule has 7 nitrogen and oxygen atoms in total. The highest BCUT2D eigenvalue weighted by molar-refractivity contribution is 5.94. The normalized spacial score (nSPS) is 10.1. The summed E-state index contributed by atoms with van der Waals surface area (Å²) in [5.74, 6) is -1.05. The maximum Gasteiger partial charge on any atom is 0.343 e. The smallest absolute Gasteiger partial charge is 0.343 e. The van der Waals surface area contributed by atoms with Gasteiger partial charge in [0.2, 0.25) is 0 Å². The van der Waals surface area contributed by atoms with Crippen LogP contribution in [0.1, 0.15) is 10.4 Å². The molecule has 0 amide bonds. The summed E-state index contributed by atoms with van der Waals surface area (Å²) in [6, 6.07) is 4.51. The van der Waals surface area contributed by atoms with Gasteiger partial charge < -0.3 is 24.2 Å². The molecule has 100 valence electrons. The molecule has 0 unspecified atom stereocenters. The summed E-state index contributed by atoms with van der Waals surface area (Å²) in [5, 5.41) is 9.11. The molecular formula is C11H14O7. The molecule has 0 spiro atoms. The van der Waals surface area contributed by atoms with Crippen LogP contribution in [0.5, 0.6) is 11.5 Å². The highest BCUT2D eigenvalue weighted by Gasteiger charge is 2.19. The Morgan fingerprint density at radius 1 is 1.17 bits per heavy atom. The molecule has 1 N–H and O–H groups in total. The van der Waals surface area contributed by atoms with E-state index in [9.17, 15) is 4.79 Å². The molecular weight excluding hydrogens is 244 g/mol. The van der Waals surface area contributed by atoms with Crippen LogP contribution >= 0.6 is 0 Å². The van der Waals surface area contributed by atoms with E-state index < -0.39 is 5.97 Å². The van der Waals surface area contributed by atoms with E-state index in [1.54, 1.807) is 6.07 Å². The standard InChI is InChI=1S/C11H14O7/c1-14-6-16-8-4-3-5-9(10(8)11(12)13)18-17-7-15-2/h3-5H,6-7H2,1-2H3,(H,12,13). The highest BCUT2D eigenvalue weighted by Crippen LogP contribution is 2.28. The largest absolute Gasteiger partial charge is 0.477 e. The zero-order valence-corrected chi connectivity index (χ0v) is 10.0. The minimum atomic E-state index is -1.20. The minimum Gasteiger partial charge on any atom is -0.477 e. The van der Waals surface area contributed by atoms with E-state index in [-0.39, 0.29) is 30.6 Å². The summed E-state index contributed by atoms with van der Waals surface area (Å²) in [6.45, 7) is -0.190. The molecule has 0 aromatic heterocycles. The van der Waals surface area contributed by atoms with E-state index >= 15 is 0 Å². The Morgan fingerprint density at radius 2 is 1.83 bits per heavy atom. The van der Waals surface area contributed by atoms with Crippen LogP contribution in [0.3, 0.4) is 0 Å². The van der Waals surface area contributed by atoms with Crippen LogP contribution < -0.4 is 9.62 Å². The number of carboxylic acid groups (broad SMARTS) is 1. The summed E-state index contributed by atoms with van der Waals surface area (Å²) in [6.07, 6.45) is 0. The average Bonchev–Trinajstić information content (AvgIpc) is 2.36. The minimum absolute atomic E-state index is 0.0214. The molecule has 7 heteroatoms. The molecule has 0 aliphatic heterocycles. The van der Waals surface area contributed by atoms with Gasteiger partial charge in [-0.1, -0.05) is 6.07 Å². The first-order chi connectivity index (χ1) is 8.70. The third-order valence-electron chi connectivity index (χ3n) is 1.85. The van der Waals surface area contributed by atoms with Crippen LogP contribution in [0.25, 0.3) is 0 Å². The summed E-state index contributed by atoms with van der Waals surface area (Å²) in [4.78, 5) is 20.6. The molecule has 0 aliphatic carbocycles. The number of hydrogen-bond acceptors (Lipinski definition) is 6. The Bertz CT molecular complexity index is 391. The maximum absolute atomic E-state index is 11.2. The van der Waals surface area contributed by atoms with Gasteiger partial charge in [0.05, 0.1) is 0 Å². The van der Waals surface area contributed by atoms with Crippen molar-refractivity contribution < 1.29 is 33.9 Å². The predicted molar refractivity (Wildman–Crippen MR) is 59.5 cm³/mol. The van der Waals surface area contributed by atoms with E-state index in [0.29, 0.717) is 0 Å². The lowest BCUT2D eigenvalue weighted by Gasteiger charge is -2.11. The van der Waals surface area contributed by atoms with Gasteiger partial charge >= 0.3 is 5.97 Å². The zero-order valence-electron chi connectivity index (χ0n) is 10.0. The topological polar surface area (TPSA) is 83.5 Å². The molecule has 0 atom stereocenters. The van der Waals surface area contributed by atoms with Gasteiger partial charge in [-0.05, 0) is 12.1 Å². The van der Waals surface area contributed by atoms with Crippen molar-refractivity contribution in [2.24, 2.45) is 0 Å². The first-order valence-corrected chi connectivity index (χ1v) is 4.97. The van der Waals surface area contributed by atoms with E-state index in [1.165, 1.54) is 26.4 Å². The first-order valence-electron chi connectivity index (χ1n) is 4.97. The number of rotatable bonds is 8. The Hall–Kier alpha value is -1.83. The van der Waals surface area contributed by atoms with Crippen molar-refractivity contribution in [2.45, 2.75) is 0 Å². The van der Waals surface area contributed by atoms with Crippen LogP contribution in [-0.4, -0.2) is 38.9 Å². The van der Waals surface area contributed by atoms with Crippen LogP contribution in [-0.2, 0) is 14.4 Å². The van der Waals surface area contributed by atoms with Crippen molar-refractivity contribution in [1.29, 1.82) is 0 Å². The summed E-state index contributed by atoms with van der Waals surface area (Å²) in [7, 11) is 2.85. The van der Waals surface area contributed by atoms with Crippen LogP contribution in [0.4, 0.5) is 0 Å². The van der Waals surface area contributed by atoms with E-state index in [2.05, 4.69) is 9.62 Å². The van der Waals surface area contributed by atoms with Gasteiger partial charge in [-0.3, -0.25) is 0 Å². The average molecular weight is 258 g/mol. The molecule has 0 aliphatic rings. The number of aromatic carboxylic acids is 1. The van der Waals surface area contributed by atoms with Gasteiger partial charge in [-0.25, -0.2) is 4.79 Å². The second-order valence-corrected chi connectivity index (χ2v) is 3.09. The van der Waals surface area contributed by atoms with Crippen molar-refractivity contribution in [3.05, 3.63) is 23.8 Å². The lowest BCUT2D eigenvalue weighted by Crippen LogP contribution is -2.09. The van der Waals surface area contributed by atoms with Crippen LogP contribution in [0.2, 0.25) is 0 Å². The van der Waals surface area contributed by atoms with Gasteiger partial charge in [0.25, 0.3) is 0 Å². The fourth-order valence-electron chi connectivity index (χ4n) is 1.17. The number of carboxylic acids is 1. The Labute approximate surface area is 104 Å². The number of methoxy groups -OCH3 is 2. The second kappa shape index (κ2) is 7.49. The predicted octanol–water partition coefficient (Wildman–Crippen LogP) is 1.28. The lowest BCUT2D eigenvalue weighted by molar-refractivity contribution is -0.260. The molecule has 0 fully saturated rings. The third kappa shape index (κ3) is 3.88. The van der Waals surface area contributed by atoms with Crippen molar-refractivity contribution in [2.75, 3.05) is 27.8 Å². The molecule has 0 heterocycles. The fraction of sp³-hybridized carbons (Fsp3) is 0.364. The van der Waals surface area contributed by atoms with E-state index in [0.717, 1.165) is 0 Å². The molecule has 0 saturated heterocycles. The fourth-order valence-corrected chi connectivity index (χ4v) is 1.17. The summed E-state index contributed by atoms with van der Waals surface area (Å²) in [5.41, 5.74) is -0.148. The van der Waals surface area contributed by atoms with Crippen molar-refractivity contribution in [3.63, 3.8) is 0 Å². The number of hydrogen-bond donors (Lipinski definition) is 1. The Balaban J connectivity index is 2.90. The van der Waals surface area contributed by atoms with Gasteiger partial charge in [0.15, 0.2) is 19.3 Å². The first kappa shape index (κ1) is 14.2. The molecule has 1 aromatic carbocycles. The van der Waals surface area contributed by atoms with Gasteiger partial charge in [0.1, 0.15) is 11.3 Å². The molecule has 18 heavy (non-hydrogen) atoms. The third-order valence-corrected chi connectivity index (χ3v) is 1.85. The second-order valence-electron chi connectivity index (χ2n) is 3.09. The van der Waals surface area contributed by atoms with Gasteiger partial charge in [-0.2, -0.15) is 4.89 Å². The van der Waals surface area contributed by atoms with Crippen molar-refractivity contribution in [3.8, 4) is 11.5 Å². The van der Waals surface area contributed by atoms with Gasteiger partial charge in [0, 0.05) is 14.2 Å². The van der Waals surface area contributed by atoms with Crippen LogP contribution in [0.15, 0.2) is 18.2 Å². The molecule has 0 saturated carbocycles. The SMILES string of the molecule is COCOOc1cccc(OCOC)c1C(=O)O. The number of carbonyl (C=O) groups is 1. The highest BCUT2D eigenvalue weighted by atomic mass is 17.2.